The number of quaternary nitrogens is 1. The summed E-state index contributed by atoms with van der Waals surface area (Å²) >= 11 is 0. The first-order valence-corrected chi connectivity index (χ1v) is 35.5. The molecule has 2 atom stereocenters. The van der Waals surface area contributed by atoms with E-state index in [4.69, 9.17) is 18.9 Å². The number of likely N-dealkylation sites (N-methyl/N-ethyl adjacent to an activating group) is 1. The highest BCUT2D eigenvalue weighted by atomic mass is 16.7. The summed E-state index contributed by atoms with van der Waals surface area (Å²) in [6.07, 6.45) is 75.9. The van der Waals surface area contributed by atoms with Gasteiger partial charge in [0.25, 0.3) is 6.29 Å². The number of hydrogen-bond donors (Lipinski definition) is 1. The lowest BCUT2D eigenvalue weighted by molar-refractivity contribution is -0.870. The third-order valence-corrected chi connectivity index (χ3v) is 16.2. The Labute approximate surface area is 503 Å². The molecule has 0 aromatic carbocycles. The summed E-state index contributed by atoms with van der Waals surface area (Å²) in [4.78, 5) is 37.6. The number of rotatable bonds is 67. The molecule has 0 aliphatic carbocycles. The maximum atomic E-state index is 12.9. The normalized spacial score (nSPS) is 12.8. The number of aliphatic carboxylic acids is 1. The van der Waals surface area contributed by atoms with Crippen LogP contribution in [0.3, 0.4) is 0 Å². The van der Waals surface area contributed by atoms with Crippen molar-refractivity contribution in [3.63, 3.8) is 0 Å². The molecule has 0 saturated carbocycles. The molecular weight excluding hydrogens is 1010 g/mol. The average Bonchev–Trinajstić information content (AvgIpc) is 3.44. The van der Waals surface area contributed by atoms with Crippen molar-refractivity contribution in [1.29, 1.82) is 0 Å². The first kappa shape index (κ1) is 78.8. The highest BCUT2D eigenvalue weighted by Crippen LogP contribution is 2.19. The van der Waals surface area contributed by atoms with E-state index in [1.807, 2.05) is 21.1 Å². The number of nitrogens with zero attached hydrogens (tertiary/aromatic N) is 1. The van der Waals surface area contributed by atoms with E-state index in [0.717, 1.165) is 44.9 Å². The van der Waals surface area contributed by atoms with Crippen molar-refractivity contribution in [2.24, 2.45) is 0 Å². The quantitative estimate of drug-likeness (QED) is 0.0211. The number of carbonyl (C=O) groups is 3. The van der Waals surface area contributed by atoms with Crippen LogP contribution in [0.25, 0.3) is 0 Å². The number of carbonyl (C=O) groups excluding carboxylic acids is 2. The summed E-state index contributed by atoms with van der Waals surface area (Å²) in [6.45, 7) is 4.94. The lowest BCUT2D eigenvalue weighted by Gasteiger charge is -2.25. The fourth-order valence-electron chi connectivity index (χ4n) is 10.8. The first-order chi connectivity index (χ1) is 39.6. The molecule has 0 bridgehead atoms. The molecule has 0 aliphatic heterocycles. The smallest absolute Gasteiger partial charge is 0.361 e. The zero-order chi connectivity index (χ0) is 59.1. The summed E-state index contributed by atoms with van der Waals surface area (Å²) in [7, 11) is 5.99. The molecule has 0 amide bonds. The minimum Gasteiger partial charge on any atom is -0.477 e. The first-order valence-electron chi connectivity index (χ1n) is 35.5. The van der Waals surface area contributed by atoms with Crippen LogP contribution in [-0.4, -0.2) is 87.4 Å². The van der Waals surface area contributed by atoms with E-state index >= 15 is 0 Å². The van der Waals surface area contributed by atoms with E-state index in [2.05, 4.69) is 38.2 Å². The van der Waals surface area contributed by atoms with Gasteiger partial charge in [-0.15, -0.1) is 0 Å². The van der Waals surface area contributed by atoms with Gasteiger partial charge >= 0.3 is 17.9 Å². The van der Waals surface area contributed by atoms with Gasteiger partial charge in [-0.2, -0.15) is 0 Å². The summed E-state index contributed by atoms with van der Waals surface area (Å²) in [5.74, 6) is -1.97. The molecule has 0 radical (unpaired) electrons. The number of unbranched alkanes of at least 4 members (excludes halogenated alkanes) is 48. The maximum Gasteiger partial charge on any atom is 0.361 e. The Bertz CT molecular complexity index is 1380. The van der Waals surface area contributed by atoms with Gasteiger partial charge in [0.2, 0.25) is 0 Å². The molecule has 2 unspecified atom stereocenters. The fourth-order valence-corrected chi connectivity index (χ4v) is 10.8. The molecule has 0 heterocycles. The predicted octanol–water partition coefficient (Wildman–Crippen LogP) is 21.8. The van der Waals surface area contributed by atoms with Gasteiger partial charge in [0.1, 0.15) is 13.2 Å². The van der Waals surface area contributed by atoms with Gasteiger partial charge < -0.3 is 28.5 Å². The van der Waals surface area contributed by atoms with Crippen LogP contribution in [0, 0.1) is 0 Å². The summed E-state index contributed by atoms with van der Waals surface area (Å²) in [6, 6.07) is 0. The van der Waals surface area contributed by atoms with Gasteiger partial charge in [0, 0.05) is 12.8 Å². The van der Waals surface area contributed by atoms with Gasteiger partial charge in [0.05, 0.1) is 34.4 Å². The lowest BCUT2D eigenvalue weighted by Crippen LogP contribution is -2.40. The minimum absolute atomic E-state index is 0.174. The van der Waals surface area contributed by atoms with Crippen molar-refractivity contribution < 1.29 is 42.9 Å². The molecular formula is C72H138NO8+. The second kappa shape index (κ2) is 63.8. The van der Waals surface area contributed by atoms with Crippen LogP contribution in [0.4, 0.5) is 0 Å². The second-order valence-corrected chi connectivity index (χ2v) is 25.6. The van der Waals surface area contributed by atoms with E-state index in [-0.39, 0.29) is 38.2 Å². The minimum atomic E-state index is -1.51. The van der Waals surface area contributed by atoms with Crippen molar-refractivity contribution in [1.82, 2.24) is 0 Å². The standard InChI is InChI=1S/C72H137NO8/c1-6-8-10-12-14-16-18-20-22-24-26-27-28-29-30-31-32-33-34-35-36-37-38-39-40-41-42-43-45-47-49-51-53-55-57-59-61-63-70(75)81-68(67-80-72(71(76)77)78-65-64-73(3,4)5)66-79-69(74)62-60-58-56-54-52-50-48-46-44-25-23-21-19-17-15-13-11-9-7-2/h18,20,24,26,68,72H,6-17,19,21-23,25,27-67H2,1-5H3/p+1/b20-18-,26-24-. The Kier molecular flexibility index (Phi) is 62.0. The largest absolute Gasteiger partial charge is 0.477 e. The van der Waals surface area contributed by atoms with Crippen LogP contribution in [0.1, 0.15) is 361 Å². The van der Waals surface area contributed by atoms with E-state index in [0.29, 0.717) is 17.4 Å². The number of allylic oxidation sites excluding steroid dienone is 4. The van der Waals surface area contributed by atoms with Crippen LogP contribution in [0.5, 0.6) is 0 Å². The van der Waals surface area contributed by atoms with Crippen LogP contribution < -0.4 is 0 Å². The SMILES string of the molecule is CCCCCCC/C=C\C/C=C\CCCCCCCCCCCCCCCCCCCCCCCCCCCC(=O)OC(COC(=O)CCCCCCCCCCCCCCCCCCCCC)COC(OCC[N+](C)(C)C)C(=O)O. The number of esters is 2. The zero-order valence-corrected chi connectivity index (χ0v) is 54.7. The van der Waals surface area contributed by atoms with Gasteiger partial charge in [-0.1, -0.05) is 327 Å². The molecule has 478 valence electrons. The van der Waals surface area contributed by atoms with Crippen molar-refractivity contribution in [3.05, 3.63) is 24.3 Å². The van der Waals surface area contributed by atoms with Crippen LogP contribution in [0.2, 0.25) is 0 Å². The Morgan fingerprint density at radius 1 is 0.370 bits per heavy atom. The Hall–Kier alpha value is -2.23. The molecule has 0 aromatic heterocycles. The van der Waals surface area contributed by atoms with Crippen LogP contribution >= 0.6 is 0 Å². The lowest BCUT2D eigenvalue weighted by atomic mass is 10.0. The van der Waals surface area contributed by atoms with Crippen molar-refractivity contribution >= 4 is 17.9 Å². The predicted molar refractivity (Wildman–Crippen MR) is 346 cm³/mol. The second-order valence-electron chi connectivity index (χ2n) is 25.6. The van der Waals surface area contributed by atoms with Crippen LogP contribution in [0.15, 0.2) is 24.3 Å². The average molecular weight is 1150 g/mol. The number of carboxylic acid groups (broad SMARTS) is 1. The summed E-state index contributed by atoms with van der Waals surface area (Å²) < 4.78 is 23.0. The van der Waals surface area contributed by atoms with Gasteiger partial charge in [-0.3, -0.25) is 9.59 Å². The number of carboxylic acids is 1. The number of ether oxygens (including phenoxy) is 4. The highest BCUT2D eigenvalue weighted by Gasteiger charge is 2.25. The molecule has 9 heteroatoms. The third-order valence-electron chi connectivity index (χ3n) is 16.2. The van der Waals surface area contributed by atoms with E-state index in [9.17, 15) is 19.5 Å². The van der Waals surface area contributed by atoms with Gasteiger partial charge in [-0.05, 0) is 44.9 Å². The van der Waals surface area contributed by atoms with Crippen molar-refractivity contribution in [3.8, 4) is 0 Å². The Morgan fingerprint density at radius 2 is 0.667 bits per heavy atom. The molecule has 0 rings (SSSR count). The Morgan fingerprint density at radius 3 is 0.975 bits per heavy atom. The molecule has 0 aliphatic rings. The molecule has 9 nitrogen and oxygen atoms in total. The van der Waals surface area contributed by atoms with Gasteiger partial charge in [-0.25, -0.2) is 4.79 Å². The fraction of sp³-hybridized carbons (Fsp3) is 0.903. The Balaban J connectivity index is 3.97. The summed E-state index contributed by atoms with van der Waals surface area (Å²) in [5.41, 5.74) is 0. The van der Waals surface area contributed by atoms with Gasteiger partial charge in [0.15, 0.2) is 6.10 Å². The topological polar surface area (TPSA) is 108 Å². The van der Waals surface area contributed by atoms with Crippen LogP contribution in [-0.2, 0) is 33.3 Å². The number of hydrogen-bond acceptors (Lipinski definition) is 7. The molecule has 81 heavy (non-hydrogen) atoms. The molecule has 1 N–H and O–H groups in total. The van der Waals surface area contributed by atoms with Crippen molar-refractivity contribution in [2.45, 2.75) is 373 Å². The zero-order valence-electron chi connectivity index (χ0n) is 54.7. The van der Waals surface area contributed by atoms with E-state index in [1.165, 1.54) is 289 Å². The van der Waals surface area contributed by atoms with Crippen molar-refractivity contribution in [2.75, 3.05) is 47.5 Å². The molecule has 0 spiro atoms. The monoisotopic (exact) mass is 1150 g/mol. The molecule has 0 aromatic rings. The summed E-state index contributed by atoms with van der Waals surface area (Å²) in [5, 5.41) is 9.74. The molecule has 0 fully saturated rings. The highest BCUT2D eigenvalue weighted by molar-refractivity contribution is 5.71. The molecule has 0 saturated heterocycles. The third kappa shape index (κ3) is 65.2. The maximum absolute atomic E-state index is 12.9. The van der Waals surface area contributed by atoms with E-state index in [1.54, 1.807) is 0 Å². The van der Waals surface area contributed by atoms with E-state index < -0.39 is 18.4 Å².